The van der Waals surface area contributed by atoms with E-state index in [1.54, 1.807) is 26.4 Å². The number of likely N-dealkylation sites (tertiary alicyclic amines) is 1. The SMILES string of the molecule is COc1ccc(NC(=O)CN2CCC(c3c[nH]c4ccccc34)CC2)c(OC)c1. The summed E-state index contributed by atoms with van der Waals surface area (Å²) in [5.41, 5.74) is 3.25. The summed E-state index contributed by atoms with van der Waals surface area (Å²) in [4.78, 5) is 18.1. The number of hydrogen-bond acceptors (Lipinski definition) is 4. The number of hydrogen-bond donors (Lipinski definition) is 2. The molecule has 3 aromatic rings. The highest BCUT2D eigenvalue weighted by Gasteiger charge is 2.24. The Kier molecular flexibility index (Phi) is 5.71. The molecule has 1 aliphatic heterocycles. The van der Waals surface area contributed by atoms with Gasteiger partial charge in [-0.15, -0.1) is 0 Å². The lowest BCUT2D eigenvalue weighted by Crippen LogP contribution is -2.38. The van der Waals surface area contributed by atoms with Gasteiger partial charge in [-0.3, -0.25) is 9.69 Å². The number of aromatic amines is 1. The minimum atomic E-state index is -0.0287. The Balaban J connectivity index is 1.33. The van der Waals surface area contributed by atoms with Crippen LogP contribution >= 0.6 is 0 Å². The van der Waals surface area contributed by atoms with Crippen LogP contribution in [0.5, 0.6) is 11.5 Å². The first-order chi connectivity index (χ1) is 14.2. The van der Waals surface area contributed by atoms with Gasteiger partial charge in [-0.05, 0) is 55.6 Å². The summed E-state index contributed by atoms with van der Waals surface area (Å²) in [6.45, 7) is 2.21. The van der Waals surface area contributed by atoms with E-state index in [0.717, 1.165) is 25.9 Å². The van der Waals surface area contributed by atoms with Crippen LogP contribution < -0.4 is 14.8 Å². The second kappa shape index (κ2) is 8.57. The zero-order valence-electron chi connectivity index (χ0n) is 16.9. The van der Waals surface area contributed by atoms with Crippen molar-refractivity contribution in [1.29, 1.82) is 0 Å². The molecule has 152 valence electrons. The van der Waals surface area contributed by atoms with Crippen molar-refractivity contribution in [2.24, 2.45) is 0 Å². The number of nitrogens with zero attached hydrogens (tertiary/aromatic N) is 1. The van der Waals surface area contributed by atoms with Gasteiger partial charge in [-0.1, -0.05) is 18.2 Å². The number of carbonyl (C=O) groups is 1. The van der Waals surface area contributed by atoms with Crippen LogP contribution in [0.1, 0.15) is 24.3 Å². The van der Waals surface area contributed by atoms with Gasteiger partial charge in [0.1, 0.15) is 11.5 Å². The van der Waals surface area contributed by atoms with Crippen LogP contribution in [0, 0.1) is 0 Å². The molecule has 2 aromatic carbocycles. The van der Waals surface area contributed by atoms with Gasteiger partial charge < -0.3 is 19.8 Å². The van der Waals surface area contributed by atoms with Crippen LogP contribution in [0.25, 0.3) is 10.9 Å². The van der Waals surface area contributed by atoms with Crippen LogP contribution in [0.3, 0.4) is 0 Å². The van der Waals surface area contributed by atoms with Gasteiger partial charge in [0.05, 0.1) is 26.5 Å². The molecule has 6 heteroatoms. The lowest BCUT2D eigenvalue weighted by molar-refractivity contribution is -0.117. The molecule has 2 N–H and O–H groups in total. The zero-order valence-corrected chi connectivity index (χ0v) is 16.9. The summed E-state index contributed by atoms with van der Waals surface area (Å²) in [5.74, 6) is 1.79. The van der Waals surface area contributed by atoms with Crippen LogP contribution in [0.4, 0.5) is 5.69 Å². The number of ether oxygens (including phenoxy) is 2. The smallest absolute Gasteiger partial charge is 0.238 e. The highest BCUT2D eigenvalue weighted by molar-refractivity contribution is 5.93. The van der Waals surface area contributed by atoms with Crippen molar-refractivity contribution in [3.05, 3.63) is 54.2 Å². The van der Waals surface area contributed by atoms with Crippen LogP contribution in [0.2, 0.25) is 0 Å². The number of anilines is 1. The predicted octanol–water partition coefficient (Wildman–Crippen LogP) is 4.00. The highest BCUT2D eigenvalue weighted by Crippen LogP contribution is 2.33. The fraction of sp³-hybridized carbons (Fsp3) is 0.348. The van der Waals surface area contributed by atoms with E-state index in [0.29, 0.717) is 29.6 Å². The molecule has 1 fully saturated rings. The molecule has 2 heterocycles. The second-order valence-electron chi connectivity index (χ2n) is 7.45. The molecule has 0 bridgehead atoms. The van der Waals surface area contributed by atoms with Gasteiger partial charge in [0.15, 0.2) is 0 Å². The summed E-state index contributed by atoms with van der Waals surface area (Å²) < 4.78 is 10.6. The van der Waals surface area contributed by atoms with Crippen molar-refractivity contribution in [2.75, 3.05) is 39.2 Å². The molecule has 1 amide bonds. The van der Waals surface area contributed by atoms with E-state index in [-0.39, 0.29) is 5.91 Å². The predicted molar refractivity (Wildman–Crippen MR) is 115 cm³/mol. The number of rotatable bonds is 6. The van der Waals surface area contributed by atoms with E-state index in [1.165, 1.54) is 16.5 Å². The number of nitrogens with one attached hydrogen (secondary N) is 2. The van der Waals surface area contributed by atoms with Crippen molar-refractivity contribution < 1.29 is 14.3 Å². The Bertz CT molecular complexity index is 990. The molecule has 0 saturated carbocycles. The molecular formula is C23H27N3O3. The Hall–Kier alpha value is -2.99. The van der Waals surface area contributed by atoms with Crippen molar-refractivity contribution >= 4 is 22.5 Å². The van der Waals surface area contributed by atoms with E-state index in [2.05, 4.69) is 45.7 Å². The number of methoxy groups -OCH3 is 2. The van der Waals surface area contributed by atoms with E-state index in [9.17, 15) is 4.79 Å². The molecule has 1 aliphatic rings. The minimum absolute atomic E-state index is 0.0287. The number of aromatic nitrogens is 1. The fourth-order valence-corrected chi connectivity index (χ4v) is 4.13. The van der Waals surface area contributed by atoms with Crippen molar-refractivity contribution in [3.63, 3.8) is 0 Å². The topological polar surface area (TPSA) is 66.6 Å². The molecule has 0 unspecified atom stereocenters. The maximum Gasteiger partial charge on any atom is 0.238 e. The van der Waals surface area contributed by atoms with Gasteiger partial charge in [-0.25, -0.2) is 0 Å². The summed E-state index contributed by atoms with van der Waals surface area (Å²) in [7, 11) is 3.19. The van der Waals surface area contributed by atoms with E-state index >= 15 is 0 Å². The average molecular weight is 393 g/mol. The number of fused-ring (bicyclic) bond motifs is 1. The van der Waals surface area contributed by atoms with Crippen LogP contribution in [-0.4, -0.2) is 49.6 Å². The quantitative estimate of drug-likeness (QED) is 0.664. The molecule has 1 saturated heterocycles. The average Bonchev–Trinajstić information content (AvgIpc) is 3.18. The van der Waals surface area contributed by atoms with Gasteiger partial charge in [0.2, 0.25) is 5.91 Å². The first kappa shape index (κ1) is 19.3. The third-order valence-corrected chi connectivity index (χ3v) is 5.70. The Morgan fingerprint density at radius 3 is 2.69 bits per heavy atom. The number of amides is 1. The van der Waals surface area contributed by atoms with Crippen molar-refractivity contribution in [2.45, 2.75) is 18.8 Å². The summed E-state index contributed by atoms with van der Waals surface area (Å²) >= 11 is 0. The van der Waals surface area contributed by atoms with Gasteiger partial charge in [0, 0.05) is 23.2 Å². The summed E-state index contributed by atoms with van der Waals surface area (Å²) in [6, 6.07) is 13.8. The van der Waals surface area contributed by atoms with Crippen LogP contribution in [0.15, 0.2) is 48.7 Å². The minimum Gasteiger partial charge on any atom is -0.497 e. The van der Waals surface area contributed by atoms with E-state index in [4.69, 9.17) is 9.47 Å². The van der Waals surface area contributed by atoms with E-state index < -0.39 is 0 Å². The summed E-state index contributed by atoms with van der Waals surface area (Å²) in [5, 5.41) is 4.27. The van der Waals surface area contributed by atoms with Crippen molar-refractivity contribution in [1.82, 2.24) is 9.88 Å². The molecule has 0 aliphatic carbocycles. The van der Waals surface area contributed by atoms with Crippen LogP contribution in [-0.2, 0) is 4.79 Å². The fourth-order valence-electron chi connectivity index (χ4n) is 4.13. The number of H-pyrrole nitrogens is 1. The number of carbonyl (C=O) groups excluding carboxylic acids is 1. The second-order valence-corrected chi connectivity index (χ2v) is 7.45. The van der Waals surface area contributed by atoms with Crippen molar-refractivity contribution in [3.8, 4) is 11.5 Å². The lowest BCUT2D eigenvalue weighted by Gasteiger charge is -2.31. The lowest BCUT2D eigenvalue weighted by atomic mass is 9.89. The number of para-hydroxylation sites is 1. The third-order valence-electron chi connectivity index (χ3n) is 5.70. The Morgan fingerprint density at radius 2 is 1.93 bits per heavy atom. The molecule has 29 heavy (non-hydrogen) atoms. The standard InChI is InChI=1S/C23H27N3O3/c1-28-17-7-8-21(22(13-17)29-2)25-23(27)15-26-11-9-16(10-12-26)19-14-24-20-6-4-3-5-18(19)20/h3-8,13-14,16,24H,9-12,15H2,1-2H3,(H,25,27). The maximum atomic E-state index is 12.5. The number of benzene rings is 2. The first-order valence-corrected chi connectivity index (χ1v) is 9.98. The Morgan fingerprint density at radius 1 is 1.14 bits per heavy atom. The van der Waals surface area contributed by atoms with E-state index in [1.807, 2.05) is 6.07 Å². The van der Waals surface area contributed by atoms with Gasteiger partial charge >= 0.3 is 0 Å². The highest BCUT2D eigenvalue weighted by atomic mass is 16.5. The molecule has 4 rings (SSSR count). The number of piperidine rings is 1. The largest absolute Gasteiger partial charge is 0.497 e. The molecule has 0 atom stereocenters. The van der Waals surface area contributed by atoms with Gasteiger partial charge in [-0.2, -0.15) is 0 Å². The monoisotopic (exact) mass is 393 g/mol. The molecule has 1 aromatic heterocycles. The molecular weight excluding hydrogens is 366 g/mol. The normalized spacial score (nSPS) is 15.4. The third kappa shape index (κ3) is 4.22. The van der Waals surface area contributed by atoms with Gasteiger partial charge in [0.25, 0.3) is 0 Å². The first-order valence-electron chi connectivity index (χ1n) is 9.98. The zero-order chi connectivity index (χ0) is 20.2. The molecule has 0 radical (unpaired) electrons. The molecule has 0 spiro atoms. The Labute approximate surface area is 170 Å². The summed E-state index contributed by atoms with van der Waals surface area (Å²) in [6.07, 6.45) is 4.26. The maximum absolute atomic E-state index is 12.5. The molecule has 6 nitrogen and oxygen atoms in total.